The van der Waals surface area contributed by atoms with Gasteiger partial charge in [-0.2, -0.15) is 0 Å². The minimum Gasteiger partial charge on any atom is -0.341 e. The summed E-state index contributed by atoms with van der Waals surface area (Å²) < 4.78 is 14.2. The Morgan fingerprint density at radius 2 is 2.08 bits per heavy atom. The van der Waals surface area contributed by atoms with Gasteiger partial charge in [-0.05, 0) is 37.8 Å². The predicted molar refractivity (Wildman–Crippen MR) is 87.9 cm³/mol. The van der Waals surface area contributed by atoms with Crippen LogP contribution in [0.15, 0.2) is 42.9 Å². The molecule has 4 rings (SSSR count). The SMILES string of the molecule is O=C(N1CCCC(c2ccncn2)C1)C1(c2ccccc2F)CC1. The topological polar surface area (TPSA) is 46.1 Å². The summed E-state index contributed by atoms with van der Waals surface area (Å²) in [4.78, 5) is 23.3. The second kappa shape index (κ2) is 5.96. The molecule has 2 heterocycles. The summed E-state index contributed by atoms with van der Waals surface area (Å²) in [6.45, 7) is 1.41. The molecule has 0 spiro atoms. The number of benzene rings is 1. The molecular formula is C19H20FN3O. The quantitative estimate of drug-likeness (QED) is 0.871. The van der Waals surface area contributed by atoms with Gasteiger partial charge in [-0.15, -0.1) is 0 Å². The minimum atomic E-state index is -0.640. The molecule has 1 aliphatic carbocycles. The van der Waals surface area contributed by atoms with E-state index in [1.165, 1.54) is 6.07 Å². The van der Waals surface area contributed by atoms with E-state index < -0.39 is 5.41 Å². The number of carbonyl (C=O) groups is 1. The minimum absolute atomic E-state index is 0.0753. The molecule has 2 aromatic rings. The van der Waals surface area contributed by atoms with Crippen molar-refractivity contribution in [1.29, 1.82) is 0 Å². The van der Waals surface area contributed by atoms with Crippen LogP contribution in [0.2, 0.25) is 0 Å². The highest BCUT2D eigenvalue weighted by molar-refractivity contribution is 5.91. The molecule has 1 saturated heterocycles. The highest BCUT2D eigenvalue weighted by atomic mass is 19.1. The lowest BCUT2D eigenvalue weighted by Gasteiger charge is -2.35. The Labute approximate surface area is 140 Å². The Bertz CT molecular complexity index is 745. The normalized spacial score (nSPS) is 22.2. The second-order valence-corrected chi connectivity index (χ2v) is 6.79. The smallest absolute Gasteiger partial charge is 0.233 e. The zero-order chi connectivity index (χ0) is 16.6. The molecule has 2 aliphatic rings. The van der Waals surface area contributed by atoms with E-state index in [4.69, 9.17) is 0 Å². The first-order chi connectivity index (χ1) is 11.7. The highest BCUT2D eigenvalue weighted by Gasteiger charge is 2.54. The van der Waals surface area contributed by atoms with Crippen LogP contribution in [0.3, 0.4) is 0 Å². The molecule has 0 N–H and O–H groups in total. The van der Waals surface area contributed by atoms with Crippen molar-refractivity contribution in [3.8, 4) is 0 Å². The number of nitrogens with zero attached hydrogens (tertiary/aromatic N) is 3. The molecule has 1 atom stereocenters. The van der Waals surface area contributed by atoms with E-state index in [0.29, 0.717) is 12.1 Å². The Morgan fingerprint density at radius 3 is 2.79 bits per heavy atom. The van der Waals surface area contributed by atoms with Gasteiger partial charge in [0.25, 0.3) is 0 Å². The zero-order valence-electron chi connectivity index (χ0n) is 13.5. The van der Waals surface area contributed by atoms with Crippen molar-refractivity contribution in [2.24, 2.45) is 0 Å². The summed E-state index contributed by atoms with van der Waals surface area (Å²) in [5.41, 5.74) is 0.899. The molecule has 5 heteroatoms. The van der Waals surface area contributed by atoms with Crippen molar-refractivity contribution >= 4 is 5.91 Å². The van der Waals surface area contributed by atoms with Crippen LogP contribution in [0.25, 0.3) is 0 Å². The Hall–Kier alpha value is -2.30. The van der Waals surface area contributed by atoms with E-state index >= 15 is 0 Å². The van der Waals surface area contributed by atoms with Crippen LogP contribution in [-0.2, 0) is 10.2 Å². The number of likely N-dealkylation sites (tertiary alicyclic amines) is 1. The Kier molecular flexibility index (Phi) is 3.79. The van der Waals surface area contributed by atoms with Crippen molar-refractivity contribution in [3.63, 3.8) is 0 Å². The van der Waals surface area contributed by atoms with Crippen LogP contribution in [0.1, 0.15) is 42.9 Å². The van der Waals surface area contributed by atoms with Crippen molar-refractivity contribution in [2.75, 3.05) is 13.1 Å². The van der Waals surface area contributed by atoms with Gasteiger partial charge in [0.1, 0.15) is 12.1 Å². The molecule has 124 valence electrons. The van der Waals surface area contributed by atoms with E-state index in [9.17, 15) is 9.18 Å². The number of hydrogen-bond donors (Lipinski definition) is 0. The van der Waals surface area contributed by atoms with Crippen molar-refractivity contribution in [1.82, 2.24) is 14.9 Å². The first kappa shape index (κ1) is 15.2. The van der Waals surface area contributed by atoms with Gasteiger partial charge in [0, 0.05) is 36.5 Å². The number of halogens is 1. The van der Waals surface area contributed by atoms with E-state index in [1.54, 1.807) is 24.7 Å². The third kappa shape index (κ3) is 2.58. The average Bonchev–Trinajstić information content (AvgIpc) is 3.44. The average molecular weight is 325 g/mol. The number of rotatable bonds is 3. The molecule has 1 saturated carbocycles. The van der Waals surface area contributed by atoms with Gasteiger partial charge in [-0.25, -0.2) is 14.4 Å². The first-order valence-corrected chi connectivity index (χ1v) is 8.51. The van der Waals surface area contributed by atoms with Crippen LogP contribution in [0, 0.1) is 5.82 Å². The lowest BCUT2D eigenvalue weighted by molar-refractivity contribution is -0.135. The molecule has 1 aliphatic heterocycles. The fourth-order valence-electron chi connectivity index (χ4n) is 3.82. The van der Waals surface area contributed by atoms with Crippen LogP contribution in [0.5, 0.6) is 0 Å². The van der Waals surface area contributed by atoms with Crippen molar-refractivity contribution in [3.05, 3.63) is 59.9 Å². The van der Waals surface area contributed by atoms with Crippen LogP contribution >= 0.6 is 0 Å². The Morgan fingerprint density at radius 1 is 1.25 bits per heavy atom. The van der Waals surface area contributed by atoms with Gasteiger partial charge in [0.15, 0.2) is 0 Å². The molecular weight excluding hydrogens is 305 g/mol. The number of aromatic nitrogens is 2. The highest BCUT2D eigenvalue weighted by Crippen LogP contribution is 2.51. The van der Waals surface area contributed by atoms with Gasteiger partial charge < -0.3 is 4.90 Å². The predicted octanol–water partition coefficient (Wildman–Crippen LogP) is 3.05. The molecule has 0 radical (unpaired) electrons. The fraction of sp³-hybridized carbons (Fsp3) is 0.421. The number of amides is 1. The molecule has 1 unspecified atom stereocenters. The number of hydrogen-bond acceptors (Lipinski definition) is 3. The summed E-state index contributed by atoms with van der Waals surface area (Å²) in [7, 11) is 0. The largest absolute Gasteiger partial charge is 0.341 e. The Balaban J connectivity index is 1.55. The van der Waals surface area contributed by atoms with Gasteiger partial charge in [0.05, 0.1) is 5.41 Å². The number of piperidine rings is 1. The lowest BCUT2D eigenvalue weighted by Crippen LogP contribution is -2.44. The van der Waals surface area contributed by atoms with Crippen molar-refractivity contribution in [2.45, 2.75) is 37.0 Å². The van der Waals surface area contributed by atoms with Crippen molar-refractivity contribution < 1.29 is 9.18 Å². The van der Waals surface area contributed by atoms with Crippen LogP contribution < -0.4 is 0 Å². The van der Waals surface area contributed by atoms with Gasteiger partial charge in [-0.1, -0.05) is 18.2 Å². The standard InChI is InChI=1S/C19H20FN3O/c20-16-6-2-1-5-15(16)19(8-9-19)18(24)23-11-3-4-14(12-23)17-7-10-21-13-22-17/h1-2,5-7,10,13-14H,3-4,8-9,11-12H2. The molecule has 1 aromatic carbocycles. The van der Waals surface area contributed by atoms with Gasteiger partial charge in [0.2, 0.25) is 5.91 Å². The molecule has 2 fully saturated rings. The lowest BCUT2D eigenvalue weighted by atomic mass is 9.90. The molecule has 1 amide bonds. The molecule has 0 bridgehead atoms. The molecule has 1 aromatic heterocycles. The third-order valence-electron chi connectivity index (χ3n) is 5.28. The van der Waals surface area contributed by atoms with E-state index in [2.05, 4.69) is 9.97 Å². The summed E-state index contributed by atoms with van der Waals surface area (Å²) in [5, 5.41) is 0. The molecule has 24 heavy (non-hydrogen) atoms. The monoisotopic (exact) mass is 325 g/mol. The maximum atomic E-state index is 14.2. The van der Waals surface area contributed by atoms with E-state index in [0.717, 1.165) is 37.9 Å². The van der Waals surface area contributed by atoms with Gasteiger partial charge in [-0.3, -0.25) is 4.79 Å². The summed E-state index contributed by atoms with van der Waals surface area (Å²) in [6.07, 6.45) is 6.74. The summed E-state index contributed by atoms with van der Waals surface area (Å²) in [6, 6.07) is 8.61. The second-order valence-electron chi connectivity index (χ2n) is 6.79. The summed E-state index contributed by atoms with van der Waals surface area (Å²) >= 11 is 0. The first-order valence-electron chi connectivity index (χ1n) is 8.51. The van der Waals surface area contributed by atoms with E-state index in [-0.39, 0.29) is 17.6 Å². The van der Waals surface area contributed by atoms with Crippen LogP contribution in [0.4, 0.5) is 4.39 Å². The third-order valence-corrected chi connectivity index (χ3v) is 5.28. The van der Waals surface area contributed by atoms with E-state index in [1.807, 2.05) is 17.0 Å². The molecule has 4 nitrogen and oxygen atoms in total. The maximum Gasteiger partial charge on any atom is 0.233 e. The van der Waals surface area contributed by atoms with Gasteiger partial charge >= 0.3 is 0 Å². The summed E-state index contributed by atoms with van der Waals surface area (Å²) in [5.74, 6) is 0.0428. The number of carbonyl (C=O) groups excluding carboxylic acids is 1. The fourth-order valence-corrected chi connectivity index (χ4v) is 3.82. The maximum absolute atomic E-state index is 14.2. The zero-order valence-corrected chi connectivity index (χ0v) is 13.5. The van der Waals surface area contributed by atoms with Crippen LogP contribution in [-0.4, -0.2) is 33.9 Å².